The molecule has 0 radical (unpaired) electrons. The van der Waals surface area contributed by atoms with Gasteiger partial charge >= 0.3 is 0 Å². The van der Waals surface area contributed by atoms with Crippen LogP contribution in [0, 0.1) is 20.8 Å². The number of amides is 1. The van der Waals surface area contributed by atoms with Crippen LogP contribution in [0.4, 0.5) is 0 Å². The second-order valence-electron chi connectivity index (χ2n) is 6.39. The highest BCUT2D eigenvalue weighted by molar-refractivity contribution is 5.83. The molecule has 1 atom stereocenters. The van der Waals surface area contributed by atoms with Crippen molar-refractivity contribution in [3.05, 3.63) is 58.7 Å². The van der Waals surface area contributed by atoms with Gasteiger partial charge in [-0.3, -0.25) is 9.69 Å². The largest absolute Gasteiger partial charge is 0.354 e. The average molecular weight is 326 g/mol. The van der Waals surface area contributed by atoms with E-state index in [9.17, 15) is 4.79 Å². The Labute approximate surface area is 144 Å². The predicted octanol–water partition coefficient (Wildman–Crippen LogP) is 2.36. The van der Waals surface area contributed by atoms with E-state index < -0.39 is 0 Å². The SMILES string of the molecule is Cc1cccc([C@@H](C(=O)NCCc2nc(C)cc(C)n2)N(C)C)c1. The normalized spacial score (nSPS) is 12.2. The lowest BCUT2D eigenvalue weighted by atomic mass is 10.0. The molecule has 0 aliphatic heterocycles. The molecule has 24 heavy (non-hydrogen) atoms. The van der Waals surface area contributed by atoms with Gasteiger partial charge in [0.1, 0.15) is 11.9 Å². The second kappa shape index (κ2) is 8.02. The Morgan fingerprint density at radius 2 is 1.79 bits per heavy atom. The number of nitrogens with zero attached hydrogens (tertiary/aromatic N) is 3. The van der Waals surface area contributed by atoms with Gasteiger partial charge in [0.25, 0.3) is 0 Å². The first-order chi connectivity index (χ1) is 11.4. The van der Waals surface area contributed by atoms with Gasteiger partial charge in [0.15, 0.2) is 0 Å². The summed E-state index contributed by atoms with van der Waals surface area (Å²) in [5.74, 6) is 0.764. The van der Waals surface area contributed by atoms with Gasteiger partial charge in [0, 0.05) is 24.4 Å². The molecule has 5 nitrogen and oxygen atoms in total. The van der Waals surface area contributed by atoms with Gasteiger partial charge in [-0.25, -0.2) is 9.97 Å². The van der Waals surface area contributed by atoms with E-state index in [1.165, 1.54) is 0 Å². The van der Waals surface area contributed by atoms with Crippen LogP contribution in [0.15, 0.2) is 30.3 Å². The summed E-state index contributed by atoms with van der Waals surface area (Å²) in [5, 5.41) is 3.01. The third kappa shape index (κ3) is 4.86. The van der Waals surface area contributed by atoms with Crippen molar-refractivity contribution in [3.8, 4) is 0 Å². The number of benzene rings is 1. The number of aryl methyl sites for hydroxylation is 3. The van der Waals surface area contributed by atoms with Gasteiger partial charge in [-0.15, -0.1) is 0 Å². The molecule has 0 saturated carbocycles. The van der Waals surface area contributed by atoms with Crippen LogP contribution in [-0.4, -0.2) is 41.4 Å². The number of rotatable bonds is 6. The molecular weight excluding hydrogens is 300 g/mol. The zero-order valence-electron chi connectivity index (χ0n) is 15.1. The maximum Gasteiger partial charge on any atom is 0.241 e. The topological polar surface area (TPSA) is 58.1 Å². The minimum absolute atomic E-state index is 0.00465. The highest BCUT2D eigenvalue weighted by Crippen LogP contribution is 2.19. The molecule has 1 aromatic heterocycles. The van der Waals surface area contributed by atoms with Gasteiger partial charge < -0.3 is 5.32 Å². The summed E-state index contributed by atoms with van der Waals surface area (Å²) in [6.45, 7) is 6.47. The first kappa shape index (κ1) is 18.1. The van der Waals surface area contributed by atoms with E-state index in [0.29, 0.717) is 13.0 Å². The molecule has 0 aliphatic rings. The zero-order chi connectivity index (χ0) is 17.7. The molecule has 0 bridgehead atoms. The highest BCUT2D eigenvalue weighted by atomic mass is 16.2. The molecule has 2 rings (SSSR count). The maximum atomic E-state index is 12.6. The van der Waals surface area contributed by atoms with Crippen molar-refractivity contribution in [1.82, 2.24) is 20.2 Å². The van der Waals surface area contributed by atoms with Gasteiger partial charge in [0.05, 0.1) is 0 Å². The Bertz CT molecular complexity index is 692. The van der Waals surface area contributed by atoms with E-state index >= 15 is 0 Å². The highest BCUT2D eigenvalue weighted by Gasteiger charge is 2.22. The average Bonchev–Trinajstić information content (AvgIpc) is 2.46. The van der Waals surface area contributed by atoms with Crippen molar-refractivity contribution in [3.63, 3.8) is 0 Å². The summed E-state index contributed by atoms with van der Waals surface area (Å²) >= 11 is 0. The van der Waals surface area contributed by atoms with Crippen molar-refractivity contribution in [1.29, 1.82) is 0 Å². The molecule has 0 unspecified atom stereocenters. The third-order valence-corrected chi connectivity index (χ3v) is 3.80. The van der Waals surface area contributed by atoms with Crippen LogP contribution >= 0.6 is 0 Å². The first-order valence-corrected chi connectivity index (χ1v) is 8.18. The number of nitrogens with one attached hydrogen (secondary N) is 1. The molecule has 0 fully saturated rings. The molecule has 5 heteroatoms. The van der Waals surface area contributed by atoms with E-state index in [-0.39, 0.29) is 11.9 Å². The summed E-state index contributed by atoms with van der Waals surface area (Å²) in [6.07, 6.45) is 0.627. The quantitative estimate of drug-likeness (QED) is 0.885. The standard InChI is InChI=1S/C19H26N4O/c1-13-7-6-8-16(11-13)18(23(4)5)19(24)20-10-9-17-21-14(2)12-15(3)22-17/h6-8,11-12,18H,9-10H2,1-5H3,(H,20,24)/t18-/m0/s1. The fourth-order valence-corrected chi connectivity index (χ4v) is 2.83. The number of carbonyl (C=O) groups is 1. The molecule has 2 aromatic rings. The Morgan fingerprint density at radius 3 is 2.38 bits per heavy atom. The van der Waals surface area contributed by atoms with Crippen LogP contribution in [-0.2, 0) is 11.2 Å². The smallest absolute Gasteiger partial charge is 0.241 e. The van der Waals surface area contributed by atoms with Gasteiger partial charge in [-0.05, 0) is 46.5 Å². The third-order valence-electron chi connectivity index (χ3n) is 3.80. The maximum absolute atomic E-state index is 12.6. The molecule has 1 amide bonds. The Morgan fingerprint density at radius 1 is 1.12 bits per heavy atom. The Kier molecular flexibility index (Phi) is 6.04. The van der Waals surface area contributed by atoms with Gasteiger partial charge in [-0.2, -0.15) is 0 Å². The number of hydrogen-bond donors (Lipinski definition) is 1. The molecule has 1 heterocycles. The monoisotopic (exact) mass is 326 g/mol. The van der Waals surface area contributed by atoms with Crippen molar-refractivity contribution >= 4 is 5.91 Å². The fourth-order valence-electron chi connectivity index (χ4n) is 2.83. The fraction of sp³-hybridized carbons (Fsp3) is 0.421. The summed E-state index contributed by atoms with van der Waals surface area (Å²) in [7, 11) is 3.83. The van der Waals surface area contributed by atoms with Crippen LogP contribution in [0.1, 0.15) is 34.4 Å². The lowest BCUT2D eigenvalue weighted by molar-refractivity contribution is -0.125. The molecule has 1 N–H and O–H groups in total. The number of carbonyl (C=O) groups excluding carboxylic acids is 1. The molecule has 0 spiro atoms. The van der Waals surface area contributed by atoms with E-state index in [1.54, 1.807) is 0 Å². The molecular formula is C19H26N4O. The first-order valence-electron chi connectivity index (χ1n) is 8.18. The van der Waals surface area contributed by atoms with E-state index in [2.05, 4.69) is 21.4 Å². The zero-order valence-corrected chi connectivity index (χ0v) is 15.1. The minimum atomic E-state index is -0.301. The predicted molar refractivity (Wildman–Crippen MR) is 95.8 cm³/mol. The molecule has 1 aromatic carbocycles. The summed E-state index contributed by atoms with van der Waals surface area (Å²) in [4.78, 5) is 23.4. The van der Waals surface area contributed by atoms with E-state index in [1.807, 2.05) is 64.0 Å². The Hall–Kier alpha value is -2.27. The lowest BCUT2D eigenvalue weighted by Crippen LogP contribution is -2.38. The van der Waals surface area contributed by atoms with Crippen molar-refractivity contribution in [2.75, 3.05) is 20.6 Å². The van der Waals surface area contributed by atoms with Crippen molar-refractivity contribution < 1.29 is 4.79 Å². The van der Waals surface area contributed by atoms with E-state index in [4.69, 9.17) is 0 Å². The molecule has 128 valence electrons. The molecule has 0 aliphatic carbocycles. The van der Waals surface area contributed by atoms with Crippen LogP contribution < -0.4 is 5.32 Å². The number of hydrogen-bond acceptors (Lipinski definition) is 4. The van der Waals surface area contributed by atoms with Crippen LogP contribution in [0.25, 0.3) is 0 Å². The molecule has 0 saturated heterocycles. The van der Waals surface area contributed by atoms with Crippen molar-refractivity contribution in [2.24, 2.45) is 0 Å². The van der Waals surface area contributed by atoms with Gasteiger partial charge in [-0.1, -0.05) is 29.8 Å². The second-order valence-corrected chi connectivity index (χ2v) is 6.39. The summed E-state index contributed by atoms with van der Waals surface area (Å²) < 4.78 is 0. The van der Waals surface area contributed by atoms with Crippen LogP contribution in [0.2, 0.25) is 0 Å². The van der Waals surface area contributed by atoms with Crippen molar-refractivity contribution in [2.45, 2.75) is 33.2 Å². The Balaban J connectivity index is 2.01. The lowest BCUT2D eigenvalue weighted by Gasteiger charge is -2.24. The van der Waals surface area contributed by atoms with E-state index in [0.717, 1.165) is 28.3 Å². The van der Waals surface area contributed by atoms with Gasteiger partial charge in [0.2, 0.25) is 5.91 Å². The summed E-state index contributed by atoms with van der Waals surface area (Å²) in [5.41, 5.74) is 4.06. The van der Waals surface area contributed by atoms with Crippen LogP contribution in [0.5, 0.6) is 0 Å². The van der Waals surface area contributed by atoms with Crippen LogP contribution in [0.3, 0.4) is 0 Å². The number of likely N-dealkylation sites (N-methyl/N-ethyl adjacent to an activating group) is 1. The summed E-state index contributed by atoms with van der Waals surface area (Å²) in [6, 6.07) is 9.71. The minimum Gasteiger partial charge on any atom is -0.354 e. The number of aromatic nitrogens is 2.